The van der Waals surface area contributed by atoms with Crippen LogP contribution in [0.25, 0.3) is 11.3 Å². The fourth-order valence-electron chi connectivity index (χ4n) is 1.39. The molecule has 0 aliphatic carbocycles. The Labute approximate surface area is 184 Å². The summed E-state index contributed by atoms with van der Waals surface area (Å²) >= 11 is 2.22. The first kappa shape index (κ1) is 32.9. The second-order valence-corrected chi connectivity index (χ2v) is 3.52. The number of halogens is 1. The SMILES string of the molecule is [C-]#[O+].[C-]#[O+].[C-]#[O+].[Cl][Pd+].[Cr].[c-]1ccccc1-c1ccccn1.c1ccncc1. The topological polar surface area (TPSA) is 85.5 Å². The smallest absolute Gasteiger partial charge is 0.0267 e. The second-order valence-electron chi connectivity index (χ2n) is 3.52. The van der Waals surface area contributed by atoms with Crippen molar-refractivity contribution in [1.82, 2.24) is 9.97 Å². The average molecular weight is 511 g/mol. The molecule has 0 bridgehead atoms. The third kappa shape index (κ3) is 20.4. The van der Waals surface area contributed by atoms with Crippen LogP contribution in [-0.4, -0.2) is 9.97 Å². The molecule has 0 saturated heterocycles. The van der Waals surface area contributed by atoms with Gasteiger partial charge in [0.25, 0.3) is 0 Å². The van der Waals surface area contributed by atoms with Crippen molar-refractivity contribution in [2.45, 2.75) is 0 Å². The summed E-state index contributed by atoms with van der Waals surface area (Å²) in [4.78, 5) is 8.00. The van der Waals surface area contributed by atoms with Gasteiger partial charge in [-0.2, -0.15) is 0 Å². The van der Waals surface area contributed by atoms with E-state index in [1.165, 1.54) is 0 Å². The van der Waals surface area contributed by atoms with Crippen LogP contribution in [0.1, 0.15) is 0 Å². The maximum Gasteiger partial charge on any atom is 0.0267 e. The summed E-state index contributed by atoms with van der Waals surface area (Å²) < 4.78 is 22.5. The third-order valence-electron chi connectivity index (χ3n) is 2.22. The fraction of sp³-hybridized carbons (Fsp3) is 0. The first-order chi connectivity index (χ1) is 13.0. The van der Waals surface area contributed by atoms with Crippen molar-refractivity contribution >= 4 is 9.53 Å². The Kier molecular flexibility index (Phi) is 38.9. The van der Waals surface area contributed by atoms with Gasteiger partial charge in [-0.1, -0.05) is 18.2 Å². The summed E-state index contributed by atoms with van der Waals surface area (Å²) in [5.41, 5.74) is 2.01. The second kappa shape index (κ2) is 31.9. The standard InChI is InChI=1S/C11H8N.C5H5N.3CO.ClH.Cr.Pd/c1-2-6-10(7-3-1)11-8-4-5-9-12-11;1-2-4-6-5-3-1;3*1-2;;;/h1-6,8-9H;1-5H;;;;1H;;/q-1;;;;;;;+2/p-1. The zero-order valence-corrected chi connectivity index (χ0v) is 17.3. The average Bonchev–Trinajstić information content (AvgIpc) is 2.82. The van der Waals surface area contributed by atoms with Gasteiger partial charge in [0.2, 0.25) is 0 Å². The molecule has 0 aliphatic heterocycles. The van der Waals surface area contributed by atoms with E-state index in [9.17, 15) is 0 Å². The zero-order chi connectivity index (χ0) is 20.5. The monoisotopic (exact) mass is 510 g/mol. The van der Waals surface area contributed by atoms with E-state index >= 15 is 0 Å². The molecule has 0 N–H and O–H groups in total. The number of nitrogens with zero attached hydrogens (tertiary/aromatic N) is 2. The number of benzene rings is 1. The molecule has 8 heteroatoms. The van der Waals surface area contributed by atoms with Crippen LogP contribution in [-0.2, 0) is 49.5 Å². The quantitative estimate of drug-likeness (QED) is 0.279. The summed E-state index contributed by atoms with van der Waals surface area (Å²) in [5.74, 6) is 0. The van der Waals surface area contributed by atoms with E-state index in [-0.39, 0.29) is 17.4 Å². The molecule has 0 unspecified atom stereocenters. The minimum Gasteiger partial charge on any atom is -0.305 e. The molecule has 140 valence electrons. The van der Waals surface area contributed by atoms with Crippen molar-refractivity contribution in [2.75, 3.05) is 0 Å². The van der Waals surface area contributed by atoms with Gasteiger partial charge in [0.15, 0.2) is 0 Å². The molecule has 0 saturated carbocycles. The molecule has 1 aromatic carbocycles. The van der Waals surface area contributed by atoms with Crippen LogP contribution in [0.15, 0.2) is 79.3 Å². The molecule has 5 nitrogen and oxygen atoms in total. The van der Waals surface area contributed by atoms with Gasteiger partial charge in [-0.15, -0.1) is 35.9 Å². The van der Waals surface area contributed by atoms with Gasteiger partial charge < -0.3 is 4.98 Å². The molecular formula is C19H13ClCrN2O3Pd. The molecule has 2 aromatic heterocycles. The van der Waals surface area contributed by atoms with E-state index in [4.69, 9.17) is 14.0 Å². The predicted molar refractivity (Wildman–Crippen MR) is 90.4 cm³/mol. The first-order valence-electron chi connectivity index (χ1n) is 6.43. The minimum atomic E-state index is 0. The molecule has 0 fully saturated rings. The summed E-state index contributed by atoms with van der Waals surface area (Å²) in [7, 11) is 4.49. The van der Waals surface area contributed by atoms with Crippen molar-refractivity contribution in [3.05, 3.63) is 105 Å². The molecule has 0 atom stereocenters. The van der Waals surface area contributed by atoms with Gasteiger partial charge in [-0.3, -0.25) is 4.98 Å². The third-order valence-corrected chi connectivity index (χ3v) is 2.22. The molecule has 2 heterocycles. The number of rotatable bonds is 1. The molecule has 3 rings (SSSR count). The van der Waals surface area contributed by atoms with Gasteiger partial charge >= 0.3 is 61.6 Å². The Morgan fingerprint density at radius 1 is 0.741 bits per heavy atom. The van der Waals surface area contributed by atoms with Gasteiger partial charge in [0, 0.05) is 36.0 Å². The normalized spacial score (nSPS) is 6.56. The Hall–Kier alpha value is -1.78. The Morgan fingerprint density at radius 3 is 1.59 bits per heavy atom. The molecule has 0 aliphatic rings. The Balaban J connectivity index is -0.000000151. The molecule has 0 amide bonds. The van der Waals surface area contributed by atoms with Gasteiger partial charge in [0.1, 0.15) is 0 Å². The predicted octanol–water partition coefficient (Wildman–Crippen LogP) is 4.20. The van der Waals surface area contributed by atoms with Crippen molar-refractivity contribution in [2.24, 2.45) is 0 Å². The fourth-order valence-corrected chi connectivity index (χ4v) is 1.39. The molecule has 0 radical (unpaired) electrons. The van der Waals surface area contributed by atoms with E-state index in [0.717, 1.165) is 11.3 Å². The first-order valence-corrected chi connectivity index (χ1v) is 8.43. The zero-order valence-electron chi connectivity index (χ0n) is 13.7. The number of pyridine rings is 2. The van der Waals surface area contributed by atoms with E-state index in [1.807, 2.05) is 60.7 Å². The van der Waals surface area contributed by atoms with Gasteiger partial charge in [-0.05, 0) is 23.9 Å². The van der Waals surface area contributed by atoms with Crippen LogP contribution in [0.5, 0.6) is 0 Å². The molecule has 27 heavy (non-hydrogen) atoms. The van der Waals surface area contributed by atoms with Gasteiger partial charge in [-0.25, -0.2) is 0 Å². The van der Waals surface area contributed by atoms with Crippen LogP contribution in [0.4, 0.5) is 0 Å². The van der Waals surface area contributed by atoms with Crippen molar-refractivity contribution in [3.63, 3.8) is 0 Å². The van der Waals surface area contributed by atoms with Crippen molar-refractivity contribution < 1.29 is 49.5 Å². The summed E-state index contributed by atoms with van der Waals surface area (Å²) in [5, 5.41) is 0. The van der Waals surface area contributed by atoms with Gasteiger partial charge in [0.05, 0.1) is 0 Å². The van der Waals surface area contributed by atoms with Crippen LogP contribution in [0.2, 0.25) is 0 Å². The van der Waals surface area contributed by atoms with Crippen LogP contribution >= 0.6 is 9.53 Å². The number of hydrogen-bond donors (Lipinski definition) is 0. The summed E-state index contributed by atoms with van der Waals surface area (Å²) in [6, 6.07) is 22.5. The molecule has 0 spiro atoms. The van der Waals surface area contributed by atoms with Crippen molar-refractivity contribution in [1.29, 1.82) is 0 Å². The van der Waals surface area contributed by atoms with E-state index in [2.05, 4.69) is 63.7 Å². The largest absolute Gasteiger partial charge is 0.305 e. The van der Waals surface area contributed by atoms with E-state index < -0.39 is 0 Å². The molecule has 3 aromatic rings. The van der Waals surface area contributed by atoms with Crippen molar-refractivity contribution in [3.8, 4) is 11.3 Å². The van der Waals surface area contributed by atoms with Crippen LogP contribution in [0, 0.1) is 26.0 Å². The minimum absolute atomic E-state index is 0. The number of aromatic nitrogens is 2. The van der Waals surface area contributed by atoms with E-state index in [1.54, 1.807) is 18.6 Å². The molecular weight excluding hydrogens is 498 g/mol. The number of hydrogen-bond acceptors (Lipinski definition) is 2. The van der Waals surface area contributed by atoms with Crippen LogP contribution in [0.3, 0.4) is 0 Å². The van der Waals surface area contributed by atoms with E-state index in [0.29, 0.717) is 0 Å². The Morgan fingerprint density at radius 2 is 1.26 bits per heavy atom. The van der Waals surface area contributed by atoms with Crippen LogP contribution < -0.4 is 0 Å². The summed E-state index contributed by atoms with van der Waals surface area (Å²) in [6.07, 6.45) is 5.29. The summed E-state index contributed by atoms with van der Waals surface area (Å²) in [6.45, 7) is 13.5. The Bertz CT molecular complexity index is 606. The maximum atomic E-state index is 7.50. The maximum absolute atomic E-state index is 7.50.